The van der Waals surface area contributed by atoms with E-state index in [0.717, 1.165) is 16.2 Å². The molecule has 2 N–H and O–H groups in total. The molecule has 2 aromatic rings. The number of rotatable bonds is 8. The lowest BCUT2D eigenvalue weighted by molar-refractivity contribution is -0.139. The van der Waals surface area contributed by atoms with Crippen LogP contribution < -0.4 is 14.8 Å². The number of benzene rings is 2. The van der Waals surface area contributed by atoms with Crippen molar-refractivity contribution < 1.29 is 24.2 Å². The van der Waals surface area contributed by atoms with E-state index < -0.39 is 12.6 Å². The Balaban J connectivity index is 1.96. The smallest absolute Gasteiger partial charge is 0.341 e. The van der Waals surface area contributed by atoms with Crippen molar-refractivity contribution in [2.24, 2.45) is 0 Å². The molecule has 7 heteroatoms. The molecule has 0 aliphatic rings. The van der Waals surface area contributed by atoms with Crippen LogP contribution in [0.5, 0.6) is 11.5 Å². The van der Waals surface area contributed by atoms with Crippen LogP contribution in [0.25, 0.3) is 0 Å². The predicted molar refractivity (Wildman–Crippen MR) is 101 cm³/mol. The lowest BCUT2D eigenvalue weighted by Crippen LogP contribution is -2.22. The Labute approximate surface area is 156 Å². The second kappa shape index (κ2) is 9.15. The van der Waals surface area contributed by atoms with E-state index in [4.69, 9.17) is 14.6 Å². The predicted octanol–water partition coefficient (Wildman–Crippen LogP) is 3.59. The Morgan fingerprint density at radius 2 is 1.81 bits per heavy atom. The number of thioether (sulfide) groups is 1. The van der Waals surface area contributed by atoms with Gasteiger partial charge in [0, 0.05) is 10.6 Å². The number of aryl methyl sites for hydroxylation is 1. The van der Waals surface area contributed by atoms with Crippen molar-refractivity contribution in [3.05, 3.63) is 48.0 Å². The monoisotopic (exact) mass is 375 g/mol. The van der Waals surface area contributed by atoms with Gasteiger partial charge >= 0.3 is 5.97 Å². The number of anilines is 1. The number of carboxylic acids is 1. The van der Waals surface area contributed by atoms with E-state index in [1.54, 1.807) is 25.3 Å². The molecule has 0 fully saturated rings. The van der Waals surface area contributed by atoms with Crippen LogP contribution in [0.2, 0.25) is 0 Å². The van der Waals surface area contributed by atoms with Crippen molar-refractivity contribution in [2.45, 2.75) is 24.0 Å². The summed E-state index contributed by atoms with van der Waals surface area (Å²) in [6, 6.07) is 12.6. The number of carbonyl (C=O) groups excluding carboxylic acids is 1. The van der Waals surface area contributed by atoms with Crippen LogP contribution in [0, 0.1) is 6.92 Å². The molecule has 0 aromatic heterocycles. The van der Waals surface area contributed by atoms with Crippen molar-refractivity contribution in [2.75, 3.05) is 19.0 Å². The van der Waals surface area contributed by atoms with Crippen LogP contribution in [-0.4, -0.2) is 35.9 Å². The second-order valence-electron chi connectivity index (χ2n) is 5.58. The van der Waals surface area contributed by atoms with Crippen LogP contribution in [0.3, 0.4) is 0 Å². The summed E-state index contributed by atoms with van der Waals surface area (Å²) in [6.07, 6.45) is 0. The number of amides is 1. The summed E-state index contributed by atoms with van der Waals surface area (Å²) in [7, 11) is 1.61. The maximum atomic E-state index is 12.4. The van der Waals surface area contributed by atoms with Gasteiger partial charge < -0.3 is 19.9 Å². The molecule has 0 spiro atoms. The topological polar surface area (TPSA) is 84.9 Å². The van der Waals surface area contributed by atoms with Gasteiger partial charge in [-0.15, -0.1) is 11.8 Å². The van der Waals surface area contributed by atoms with E-state index in [1.165, 1.54) is 11.8 Å². The summed E-state index contributed by atoms with van der Waals surface area (Å²) in [5.41, 5.74) is 1.46. The first kappa shape index (κ1) is 19.7. The molecule has 1 unspecified atom stereocenters. The summed E-state index contributed by atoms with van der Waals surface area (Å²) in [5.74, 6) is 0.0633. The molecule has 1 atom stereocenters. The molecule has 2 aromatic carbocycles. The molecule has 0 aliphatic heterocycles. The molecular weight excluding hydrogens is 354 g/mol. The number of aliphatic carboxylic acids is 1. The Hall–Kier alpha value is -2.67. The highest BCUT2D eigenvalue weighted by Gasteiger charge is 2.16. The zero-order chi connectivity index (χ0) is 19.1. The minimum absolute atomic E-state index is 0.117. The first-order valence-corrected chi connectivity index (χ1v) is 8.84. The minimum Gasteiger partial charge on any atom is -0.497 e. The first-order valence-electron chi connectivity index (χ1n) is 7.96. The SMILES string of the molecule is COc1ccc(SC(C)C(=O)Nc2ccc(OCC(=O)O)cc2C)cc1. The zero-order valence-corrected chi connectivity index (χ0v) is 15.6. The number of hydrogen-bond acceptors (Lipinski definition) is 5. The van der Waals surface area contributed by atoms with Gasteiger partial charge in [0.15, 0.2) is 6.61 Å². The molecule has 0 bridgehead atoms. The van der Waals surface area contributed by atoms with Gasteiger partial charge in [0.05, 0.1) is 12.4 Å². The number of carboxylic acid groups (broad SMARTS) is 1. The van der Waals surface area contributed by atoms with Gasteiger partial charge in [-0.3, -0.25) is 4.79 Å². The summed E-state index contributed by atoms with van der Waals surface area (Å²) in [4.78, 5) is 23.9. The largest absolute Gasteiger partial charge is 0.497 e. The van der Waals surface area contributed by atoms with E-state index in [-0.39, 0.29) is 11.2 Å². The molecule has 0 saturated carbocycles. The van der Waals surface area contributed by atoms with Crippen LogP contribution >= 0.6 is 11.8 Å². The molecule has 138 valence electrons. The first-order chi connectivity index (χ1) is 12.4. The molecule has 0 saturated heterocycles. The molecule has 2 rings (SSSR count). The Morgan fingerprint density at radius 1 is 1.15 bits per heavy atom. The standard InChI is InChI=1S/C19H21NO5S/c1-12-10-15(25-11-18(21)22)6-9-17(12)20-19(23)13(2)26-16-7-4-14(24-3)5-8-16/h4-10,13H,11H2,1-3H3,(H,20,23)(H,21,22). The van der Waals surface area contributed by atoms with Gasteiger partial charge in [-0.1, -0.05) is 0 Å². The highest BCUT2D eigenvalue weighted by atomic mass is 32.2. The summed E-state index contributed by atoms with van der Waals surface area (Å²) >= 11 is 1.45. The fourth-order valence-electron chi connectivity index (χ4n) is 2.16. The molecule has 0 aliphatic carbocycles. The highest BCUT2D eigenvalue weighted by Crippen LogP contribution is 2.27. The summed E-state index contributed by atoms with van der Waals surface area (Å²) in [5, 5.41) is 11.2. The zero-order valence-electron chi connectivity index (χ0n) is 14.8. The molecule has 1 amide bonds. The quantitative estimate of drug-likeness (QED) is 0.686. The lowest BCUT2D eigenvalue weighted by atomic mass is 10.2. The van der Waals surface area contributed by atoms with Gasteiger partial charge in [-0.05, 0) is 61.9 Å². The third-order valence-corrected chi connectivity index (χ3v) is 4.67. The normalized spacial score (nSPS) is 11.5. The number of methoxy groups -OCH3 is 1. The van der Waals surface area contributed by atoms with E-state index in [9.17, 15) is 9.59 Å². The number of carbonyl (C=O) groups is 2. The average Bonchev–Trinajstić information content (AvgIpc) is 2.62. The van der Waals surface area contributed by atoms with Crippen LogP contribution in [0.15, 0.2) is 47.4 Å². The summed E-state index contributed by atoms with van der Waals surface area (Å²) < 4.78 is 10.2. The third kappa shape index (κ3) is 5.70. The van der Waals surface area contributed by atoms with E-state index >= 15 is 0 Å². The molecule has 26 heavy (non-hydrogen) atoms. The fraction of sp³-hybridized carbons (Fsp3) is 0.263. The van der Waals surface area contributed by atoms with Crippen LogP contribution in [-0.2, 0) is 9.59 Å². The average molecular weight is 375 g/mol. The maximum absolute atomic E-state index is 12.4. The molecule has 0 heterocycles. The Morgan fingerprint density at radius 3 is 2.38 bits per heavy atom. The van der Waals surface area contributed by atoms with Crippen molar-refractivity contribution in [3.8, 4) is 11.5 Å². The van der Waals surface area contributed by atoms with Crippen molar-refractivity contribution in [1.82, 2.24) is 0 Å². The van der Waals surface area contributed by atoms with Crippen molar-refractivity contribution in [3.63, 3.8) is 0 Å². The third-order valence-electron chi connectivity index (χ3n) is 3.56. The van der Waals surface area contributed by atoms with Gasteiger partial charge in [0.25, 0.3) is 0 Å². The van der Waals surface area contributed by atoms with Gasteiger partial charge in [-0.25, -0.2) is 4.79 Å². The number of nitrogens with one attached hydrogen (secondary N) is 1. The number of ether oxygens (including phenoxy) is 2. The Kier molecular flexibility index (Phi) is 6.91. The highest BCUT2D eigenvalue weighted by molar-refractivity contribution is 8.00. The van der Waals surface area contributed by atoms with E-state index in [1.807, 2.05) is 38.1 Å². The maximum Gasteiger partial charge on any atom is 0.341 e. The van der Waals surface area contributed by atoms with Crippen molar-refractivity contribution >= 4 is 29.3 Å². The van der Waals surface area contributed by atoms with Crippen molar-refractivity contribution in [1.29, 1.82) is 0 Å². The van der Waals surface area contributed by atoms with E-state index in [2.05, 4.69) is 5.32 Å². The summed E-state index contributed by atoms with van der Waals surface area (Å²) in [6.45, 7) is 3.26. The molecular formula is C19H21NO5S. The molecule has 6 nitrogen and oxygen atoms in total. The van der Waals surface area contributed by atoms with Gasteiger partial charge in [-0.2, -0.15) is 0 Å². The van der Waals surface area contributed by atoms with Gasteiger partial charge in [0.2, 0.25) is 5.91 Å². The number of hydrogen-bond donors (Lipinski definition) is 2. The van der Waals surface area contributed by atoms with Crippen LogP contribution in [0.4, 0.5) is 5.69 Å². The fourth-order valence-corrected chi connectivity index (χ4v) is 3.02. The van der Waals surface area contributed by atoms with Gasteiger partial charge in [0.1, 0.15) is 11.5 Å². The molecule has 0 radical (unpaired) electrons. The van der Waals surface area contributed by atoms with E-state index in [0.29, 0.717) is 11.4 Å². The Bertz CT molecular complexity index is 776. The lowest BCUT2D eigenvalue weighted by Gasteiger charge is -2.14. The second-order valence-corrected chi connectivity index (χ2v) is 7.00. The minimum atomic E-state index is -1.04. The van der Waals surface area contributed by atoms with Crippen LogP contribution in [0.1, 0.15) is 12.5 Å².